The smallest absolute Gasteiger partial charge is 0.272 e. The predicted octanol–water partition coefficient (Wildman–Crippen LogP) is 2.81. The summed E-state index contributed by atoms with van der Waals surface area (Å²) in [4.78, 5) is 24.6. The number of carbonyl (C=O) groups is 1. The molecule has 1 atom stereocenters. The summed E-state index contributed by atoms with van der Waals surface area (Å²) in [6.45, 7) is 0.660. The van der Waals surface area contributed by atoms with Crippen molar-refractivity contribution in [3.05, 3.63) is 63.0 Å². The summed E-state index contributed by atoms with van der Waals surface area (Å²) >= 11 is 5.98. The molecule has 6 nitrogen and oxygen atoms in total. The summed E-state index contributed by atoms with van der Waals surface area (Å²) in [7, 11) is 1.55. The Labute approximate surface area is 157 Å². The van der Waals surface area contributed by atoms with Gasteiger partial charge in [-0.2, -0.15) is 5.10 Å². The van der Waals surface area contributed by atoms with Crippen molar-refractivity contribution in [1.82, 2.24) is 15.1 Å². The van der Waals surface area contributed by atoms with Crippen LogP contribution in [-0.2, 0) is 11.3 Å². The number of benzene rings is 1. The first-order valence-electron chi connectivity index (χ1n) is 8.72. The number of rotatable bonds is 7. The van der Waals surface area contributed by atoms with Crippen molar-refractivity contribution in [2.75, 3.05) is 13.7 Å². The van der Waals surface area contributed by atoms with Gasteiger partial charge in [-0.3, -0.25) is 9.59 Å². The van der Waals surface area contributed by atoms with E-state index in [2.05, 4.69) is 10.4 Å². The molecule has 0 bridgehead atoms. The van der Waals surface area contributed by atoms with Crippen molar-refractivity contribution in [3.63, 3.8) is 0 Å². The van der Waals surface area contributed by atoms with Crippen molar-refractivity contribution in [3.8, 4) is 0 Å². The fourth-order valence-corrected chi connectivity index (χ4v) is 3.17. The molecule has 1 amide bonds. The van der Waals surface area contributed by atoms with Crippen molar-refractivity contribution >= 4 is 17.5 Å². The van der Waals surface area contributed by atoms with E-state index >= 15 is 0 Å². The normalized spacial score (nSPS) is 15.3. The number of amides is 1. The lowest BCUT2D eigenvalue weighted by Gasteiger charge is -2.34. The van der Waals surface area contributed by atoms with Crippen LogP contribution in [0.3, 0.4) is 0 Å². The number of aromatic nitrogens is 2. The molecule has 1 N–H and O–H groups in total. The lowest BCUT2D eigenvalue weighted by molar-refractivity contribution is 0.0892. The summed E-state index contributed by atoms with van der Waals surface area (Å²) in [6, 6.07) is 10.3. The van der Waals surface area contributed by atoms with Gasteiger partial charge in [0.15, 0.2) is 0 Å². The number of carbonyl (C=O) groups excluding carboxylic acids is 1. The van der Waals surface area contributed by atoms with Crippen molar-refractivity contribution < 1.29 is 9.53 Å². The fourth-order valence-electron chi connectivity index (χ4n) is 3.04. The van der Waals surface area contributed by atoms with Crippen LogP contribution in [-0.4, -0.2) is 29.4 Å². The number of methoxy groups -OCH3 is 1. The second-order valence-electron chi connectivity index (χ2n) is 6.47. The molecule has 0 aliphatic heterocycles. The number of hydrogen-bond acceptors (Lipinski definition) is 4. The molecule has 1 aliphatic carbocycles. The second kappa shape index (κ2) is 8.47. The summed E-state index contributed by atoms with van der Waals surface area (Å²) in [5.74, 6) is 0.113. The minimum Gasteiger partial charge on any atom is -0.383 e. The van der Waals surface area contributed by atoms with Gasteiger partial charge in [0.05, 0.1) is 19.2 Å². The second-order valence-corrected chi connectivity index (χ2v) is 6.90. The monoisotopic (exact) mass is 375 g/mol. The average Bonchev–Trinajstić information content (AvgIpc) is 2.59. The van der Waals surface area contributed by atoms with E-state index in [0.29, 0.717) is 24.1 Å². The van der Waals surface area contributed by atoms with E-state index in [1.807, 2.05) is 24.3 Å². The Morgan fingerprint density at radius 2 is 2.04 bits per heavy atom. The van der Waals surface area contributed by atoms with Crippen LogP contribution in [0.1, 0.15) is 41.4 Å². The molecule has 1 saturated carbocycles. The van der Waals surface area contributed by atoms with E-state index in [0.717, 1.165) is 18.4 Å². The van der Waals surface area contributed by atoms with E-state index < -0.39 is 0 Å². The van der Waals surface area contributed by atoms with Gasteiger partial charge in [0, 0.05) is 18.2 Å². The van der Waals surface area contributed by atoms with Gasteiger partial charge in [-0.1, -0.05) is 30.2 Å². The Morgan fingerprint density at radius 1 is 1.31 bits per heavy atom. The third-order valence-electron chi connectivity index (χ3n) is 4.74. The molecule has 7 heteroatoms. The largest absolute Gasteiger partial charge is 0.383 e. The molecule has 1 aromatic carbocycles. The first-order valence-corrected chi connectivity index (χ1v) is 9.09. The van der Waals surface area contributed by atoms with Gasteiger partial charge in [0.2, 0.25) is 0 Å². The number of nitrogens with zero attached hydrogens (tertiary/aromatic N) is 2. The summed E-state index contributed by atoms with van der Waals surface area (Å²) in [5, 5.41) is 7.91. The maximum atomic E-state index is 12.7. The Morgan fingerprint density at radius 3 is 2.65 bits per heavy atom. The van der Waals surface area contributed by atoms with E-state index in [1.165, 1.54) is 23.2 Å². The first-order chi connectivity index (χ1) is 12.6. The third-order valence-corrected chi connectivity index (χ3v) is 5.00. The summed E-state index contributed by atoms with van der Waals surface area (Å²) in [5.41, 5.74) is 0.992. The Bertz CT molecular complexity index is 816. The zero-order chi connectivity index (χ0) is 18.5. The predicted molar refractivity (Wildman–Crippen MR) is 99.4 cm³/mol. The molecule has 1 unspecified atom stereocenters. The minimum absolute atomic E-state index is 0.0883. The van der Waals surface area contributed by atoms with Crippen LogP contribution < -0.4 is 10.9 Å². The topological polar surface area (TPSA) is 73.2 Å². The Hall–Kier alpha value is -2.18. The van der Waals surface area contributed by atoms with E-state index in [-0.39, 0.29) is 23.2 Å². The first kappa shape index (κ1) is 18.6. The molecule has 0 radical (unpaired) electrons. The van der Waals surface area contributed by atoms with Crippen LogP contribution in [0, 0.1) is 5.92 Å². The average molecular weight is 376 g/mol. The van der Waals surface area contributed by atoms with Crippen LogP contribution in [0.2, 0.25) is 5.02 Å². The molecule has 1 aliphatic rings. The summed E-state index contributed by atoms with van der Waals surface area (Å²) in [6.07, 6.45) is 3.33. The van der Waals surface area contributed by atoms with Crippen LogP contribution in [0.15, 0.2) is 41.2 Å². The molecule has 1 aromatic heterocycles. The highest BCUT2D eigenvalue weighted by Crippen LogP contribution is 2.38. The highest BCUT2D eigenvalue weighted by atomic mass is 35.5. The number of halogens is 1. The molecule has 1 fully saturated rings. The Kier molecular flexibility index (Phi) is 6.06. The van der Waals surface area contributed by atoms with Gasteiger partial charge in [0.1, 0.15) is 5.69 Å². The van der Waals surface area contributed by atoms with Crippen molar-refractivity contribution in [2.24, 2.45) is 5.92 Å². The fraction of sp³-hybridized carbons (Fsp3) is 0.421. The summed E-state index contributed by atoms with van der Waals surface area (Å²) < 4.78 is 6.22. The van der Waals surface area contributed by atoms with Crippen LogP contribution >= 0.6 is 11.6 Å². The van der Waals surface area contributed by atoms with Crippen molar-refractivity contribution in [1.29, 1.82) is 0 Å². The Balaban J connectivity index is 1.79. The third kappa shape index (κ3) is 4.31. The lowest BCUT2D eigenvalue weighted by Crippen LogP contribution is -2.37. The van der Waals surface area contributed by atoms with E-state index in [4.69, 9.17) is 16.3 Å². The van der Waals surface area contributed by atoms with Gasteiger partial charge in [-0.25, -0.2) is 4.68 Å². The van der Waals surface area contributed by atoms with Crippen molar-refractivity contribution in [2.45, 2.75) is 31.8 Å². The van der Waals surface area contributed by atoms with E-state index in [1.54, 1.807) is 7.11 Å². The lowest BCUT2D eigenvalue weighted by atomic mass is 9.77. The molecular weight excluding hydrogens is 354 g/mol. The molecule has 2 aromatic rings. The molecule has 0 saturated heterocycles. The van der Waals surface area contributed by atoms with Gasteiger partial charge in [0.25, 0.3) is 11.5 Å². The molecule has 26 heavy (non-hydrogen) atoms. The standard InChI is InChI=1S/C19H22ClN3O3/c1-26-12-11-23-17(24)10-9-16(22-23)19(25)21-18(13-3-2-4-13)14-5-7-15(20)8-6-14/h5-10,13,18H,2-4,11-12H2,1H3,(H,21,25). The van der Waals surface area contributed by atoms with Gasteiger partial charge >= 0.3 is 0 Å². The zero-order valence-corrected chi connectivity index (χ0v) is 15.4. The van der Waals surface area contributed by atoms with Crippen LogP contribution in [0.25, 0.3) is 0 Å². The highest BCUT2D eigenvalue weighted by molar-refractivity contribution is 6.30. The maximum absolute atomic E-state index is 12.7. The minimum atomic E-state index is -0.289. The van der Waals surface area contributed by atoms with Gasteiger partial charge in [-0.15, -0.1) is 0 Å². The zero-order valence-electron chi connectivity index (χ0n) is 14.7. The van der Waals surface area contributed by atoms with Crippen LogP contribution in [0.4, 0.5) is 0 Å². The number of hydrogen-bond donors (Lipinski definition) is 1. The molecule has 1 heterocycles. The van der Waals surface area contributed by atoms with E-state index in [9.17, 15) is 9.59 Å². The molecule has 138 valence electrons. The molecular formula is C19H22ClN3O3. The van der Waals surface area contributed by atoms with Crippen LogP contribution in [0.5, 0.6) is 0 Å². The quantitative estimate of drug-likeness (QED) is 0.807. The van der Waals surface area contributed by atoms with Gasteiger partial charge in [-0.05, 0) is 42.5 Å². The number of nitrogens with one attached hydrogen (secondary N) is 1. The molecule has 0 spiro atoms. The van der Waals surface area contributed by atoms with Gasteiger partial charge < -0.3 is 10.1 Å². The highest BCUT2D eigenvalue weighted by Gasteiger charge is 2.30. The SMILES string of the molecule is COCCn1nc(C(=O)NC(c2ccc(Cl)cc2)C2CCC2)ccc1=O. The molecule has 3 rings (SSSR count). The maximum Gasteiger partial charge on any atom is 0.272 e. The number of ether oxygens (including phenoxy) is 1.